The SMILES string of the molecule is CCC(C)C(C)C(C)CC1(CC)CCC1(C)CC. The van der Waals surface area contributed by atoms with E-state index in [0.717, 1.165) is 17.8 Å². The fourth-order valence-electron chi connectivity index (χ4n) is 4.29. The summed E-state index contributed by atoms with van der Waals surface area (Å²) in [6, 6.07) is 0. The first-order valence-corrected chi connectivity index (χ1v) is 8.35. The van der Waals surface area contributed by atoms with Gasteiger partial charge in [0, 0.05) is 0 Å². The molecule has 0 saturated heterocycles. The Bertz CT molecular complexity index is 249. The van der Waals surface area contributed by atoms with Crippen LogP contribution in [-0.4, -0.2) is 0 Å². The molecule has 1 rings (SSSR count). The molecule has 0 N–H and O–H groups in total. The molecule has 1 fully saturated rings. The van der Waals surface area contributed by atoms with Crippen LogP contribution in [0.4, 0.5) is 0 Å². The summed E-state index contributed by atoms with van der Waals surface area (Å²) in [6.07, 6.45) is 8.47. The first-order valence-electron chi connectivity index (χ1n) is 8.35. The van der Waals surface area contributed by atoms with E-state index in [2.05, 4.69) is 48.5 Å². The van der Waals surface area contributed by atoms with Gasteiger partial charge in [-0.25, -0.2) is 0 Å². The first kappa shape index (κ1) is 16.1. The predicted molar refractivity (Wildman–Crippen MR) is 82.8 cm³/mol. The van der Waals surface area contributed by atoms with Crippen LogP contribution < -0.4 is 0 Å². The van der Waals surface area contributed by atoms with Crippen LogP contribution in [0.5, 0.6) is 0 Å². The van der Waals surface area contributed by atoms with Crippen molar-refractivity contribution in [2.75, 3.05) is 0 Å². The van der Waals surface area contributed by atoms with Crippen molar-refractivity contribution in [3.05, 3.63) is 0 Å². The Morgan fingerprint density at radius 3 is 1.83 bits per heavy atom. The van der Waals surface area contributed by atoms with Crippen LogP contribution in [0.1, 0.15) is 87.0 Å². The van der Waals surface area contributed by atoms with Crippen LogP contribution >= 0.6 is 0 Å². The average molecular weight is 252 g/mol. The molecule has 5 atom stereocenters. The van der Waals surface area contributed by atoms with Crippen molar-refractivity contribution in [3.63, 3.8) is 0 Å². The van der Waals surface area contributed by atoms with Crippen LogP contribution in [0, 0.1) is 28.6 Å². The van der Waals surface area contributed by atoms with Crippen molar-refractivity contribution >= 4 is 0 Å². The highest BCUT2D eigenvalue weighted by Gasteiger charge is 2.53. The van der Waals surface area contributed by atoms with Gasteiger partial charge in [-0.15, -0.1) is 0 Å². The van der Waals surface area contributed by atoms with E-state index in [9.17, 15) is 0 Å². The van der Waals surface area contributed by atoms with Gasteiger partial charge >= 0.3 is 0 Å². The smallest absolute Gasteiger partial charge is 0.0243 e. The van der Waals surface area contributed by atoms with Crippen molar-refractivity contribution in [1.82, 2.24) is 0 Å². The van der Waals surface area contributed by atoms with Crippen LogP contribution in [-0.2, 0) is 0 Å². The van der Waals surface area contributed by atoms with E-state index in [4.69, 9.17) is 0 Å². The summed E-state index contributed by atoms with van der Waals surface area (Å²) in [4.78, 5) is 0. The summed E-state index contributed by atoms with van der Waals surface area (Å²) in [5.41, 5.74) is 1.29. The molecular weight excluding hydrogens is 216 g/mol. The molecule has 0 heterocycles. The van der Waals surface area contributed by atoms with Gasteiger partial charge in [-0.3, -0.25) is 0 Å². The van der Waals surface area contributed by atoms with E-state index >= 15 is 0 Å². The van der Waals surface area contributed by atoms with E-state index in [1.165, 1.54) is 38.5 Å². The van der Waals surface area contributed by atoms with Gasteiger partial charge in [0.05, 0.1) is 0 Å². The molecule has 0 heteroatoms. The molecule has 0 spiro atoms. The second-order valence-corrected chi connectivity index (χ2v) is 7.47. The summed E-state index contributed by atoms with van der Waals surface area (Å²) in [5.74, 6) is 2.63. The fourth-order valence-corrected chi connectivity index (χ4v) is 4.29. The average Bonchev–Trinajstić information content (AvgIpc) is 2.40. The minimum absolute atomic E-state index is 0.630. The zero-order valence-corrected chi connectivity index (χ0v) is 14.0. The molecule has 0 aromatic carbocycles. The Morgan fingerprint density at radius 1 is 0.889 bits per heavy atom. The topological polar surface area (TPSA) is 0 Å². The van der Waals surface area contributed by atoms with Gasteiger partial charge in [0.25, 0.3) is 0 Å². The van der Waals surface area contributed by atoms with Crippen molar-refractivity contribution in [2.45, 2.75) is 87.0 Å². The second-order valence-electron chi connectivity index (χ2n) is 7.47. The lowest BCUT2D eigenvalue weighted by Crippen LogP contribution is -2.50. The standard InChI is InChI=1S/C18H36/c1-8-14(4)16(6)15(5)13-18(10-3)12-11-17(18,7)9-2/h14-16H,8-13H2,1-7H3. The lowest BCUT2D eigenvalue weighted by molar-refractivity contribution is -0.0949. The van der Waals surface area contributed by atoms with Gasteiger partial charge in [0.1, 0.15) is 0 Å². The molecular formula is C18H36. The summed E-state index contributed by atoms with van der Waals surface area (Å²) in [5, 5.41) is 0. The summed E-state index contributed by atoms with van der Waals surface area (Å²) in [7, 11) is 0. The second kappa shape index (κ2) is 5.97. The molecule has 0 nitrogen and oxygen atoms in total. The number of hydrogen-bond acceptors (Lipinski definition) is 0. The molecule has 0 aromatic rings. The molecule has 5 unspecified atom stereocenters. The zero-order chi connectivity index (χ0) is 14.0. The molecule has 0 aromatic heterocycles. The van der Waals surface area contributed by atoms with Gasteiger partial charge in [-0.1, -0.05) is 61.3 Å². The van der Waals surface area contributed by atoms with Gasteiger partial charge in [0.2, 0.25) is 0 Å². The zero-order valence-electron chi connectivity index (χ0n) is 14.0. The van der Waals surface area contributed by atoms with Crippen LogP contribution in [0.3, 0.4) is 0 Å². The van der Waals surface area contributed by atoms with Crippen LogP contribution in [0.15, 0.2) is 0 Å². The van der Waals surface area contributed by atoms with E-state index in [1.807, 2.05) is 0 Å². The van der Waals surface area contributed by atoms with Crippen molar-refractivity contribution in [3.8, 4) is 0 Å². The largest absolute Gasteiger partial charge is 0.0651 e. The molecule has 1 aliphatic carbocycles. The molecule has 18 heavy (non-hydrogen) atoms. The van der Waals surface area contributed by atoms with Crippen LogP contribution in [0.25, 0.3) is 0 Å². The maximum atomic E-state index is 2.54. The highest BCUT2D eigenvalue weighted by Crippen LogP contribution is 2.63. The minimum atomic E-state index is 0.630. The molecule has 0 bridgehead atoms. The Morgan fingerprint density at radius 2 is 1.50 bits per heavy atom. The highest BCUT2D eigenvalue weighted by molar-refractivity contribution is 5.03. The predicted octanol–water partition coefficient (Wildman–Crippen LogP) is 6.30. The third kappa shape index (κ3) is 2.63. The Kier molecular flexibility index (Phi) is 5.32. The molecule has 0 aliphatic heterocycles. The van der Waals surface area contributed by atoms with Gasteiger partial charge in [-0.2, -0.15) is 0 Å². The van der Waals surface area contributed by atoms with Crippen molar-refractivity contribution in [2.24, 2.45) is 28.6 Å². The summed E-state index contributed by atoms with van der Waals surface area (Å²) < 4.78 is 0. The Balaban J connectivity index is 2.70. The van der Waals surface area contributed by atoms with E-state index in [1.54, 1.807) is 0 Å². The quantitative estimate of drug-likeness (QED) is 0.498. The third-order valence-electron chi connectivity index (χ3n) is 7.04. The fraction of sp³-hybridized carbons (Fsp3) is 1.00. The van der Waals surface area contributed by atoms with E-state index < -0.39 is 0 Å². The first-order chi connectivity index (χ1) is 8.35. The molecule has 1 saturated carbocycles. The lowest BCUT2D eigenvalue weighted by Gasteiger charge is -2.60. The summed E-state index contributed by atoms with van der Waals surface area (Å²) in [6.45, 7) is 17.1. The molecule has 1 aliphatic rings. The maximum Gasteiger partial charge on any atom is -0.0243 e. The maximum absolute atomic E-state index is 2.54. The Labute approximate surface area is 116 Å². The van der Waals surface area contributed by atoms with Crippen molar-refractivity contribution in [1.29, 1.82) is 0 Å². The van der Waals surface area contributed by atoms with Gasteiger partial charge < -0.3 is 0 Å². The van der Waals surface area contributed by atoms with Crippen molar-refractivity contribution < 1.29 is 0 Å². The highest BCUT2D eigenvalue weighted by atomic mass is 14.6. The van der Waals surface area contributed by atoms with E-state index in [-0.39, 0.29) is 0 Å². The Hall–Kier alpha value is 0. The lowest BCUT2D eigenvalue weighted by atomic mass is 9.45. The van der Waals surface area contributed by atoms with Gasteiger partial charge in [0.15, 0.2) is 0 Å². The molecule has 0 amide bonds. The van der Waals surface area contributed by atoms with Gasteiger partial charge in [-0.05, 0) is 54.3 Å². The molecule has 108 valence electrons. The number of hydrogen-bond donors (Lipinski definition) is 0. The summed E-state index contributed by atoms with van der Waals surface area (Å²) >= 11 is 0. The minimum Gasteiger partial charge on any atom is -0.0651 e. The molecule has 0 radical (unpaired) electrons. The third-order valence-corrected chi connectivity index (χ3v) is 7.04. The number of rotatable bonds is 7. The normalized spacial score (nSPS) is 36.8. The van der Waals surface area contributed by atoms with Crippen LogP contribution in [0.2, 0.25) is 0 Å². The van der Waals surface area contributed by atoms with E-state index in [0.29, 0.717) is 10.8 Å². The monoisotopic (exact) mass is 252 g/mol.